The molecule has 1 amide bonds. The Kier molecular flexibility index (Phi) is 5.01. The van der Waals surface area contributed by atoms with E-state index in [1.807, 2.05) is 61.5 Å². The molecule has 1 aromatic heterocycles. The summed E-state index contributed by atoms with van der Waals surface area (Å²) >= 11 is 6.53. The molecule has 0 unspecified atom stereocenters. The molecular weight excluding hydrogens is 374 g/mol. The van der Waals surface area contributed by atoms with Gasteiger partial charge in [0.1, 0.15) is 10.9 Å². The number of hydrogen-bond acceptors (Lipinski definition) is 4. The standard InChI is InChI=1S/C22H20ClN3O2/c1-3-21(27)26-20(13-19(25-26)14-7-5-4-6-8-14)17-12-15-11-16(28-2)9-10-18(15)24-22(17)23/h4-12,20H,3,13H2,1-2H3/t20-/m1/s1. The second kappa shape index (κ2) is 7.60. The molecule has 2 aromatic carbocycles. The van der Waals surface area contributed by atoms with Crippen molar-refractivity contribution >= 4 is 34.1 Å². The zero-order valence-corrected chi connectivity index (χ0v) is 16.5. The highest BCUT2D eigenvalue weighted by molar-refractivity contribution is 6.30. The lowest BCUT2D eigenvalue weighted by Gasteiger charge is -2.22. The van der Waals surface area contributed by atoms with Crippen LogP contribution in [0.25, 0.3) is 10.9 Å². The molecule has 0 saturated heterocycles. The molecule has 142 valence electrons. The van der Waals surface area contributed by atoms with Gasteiger partial charge in [0.2, 0.25) is 5.91 Å². The van der Waals surface area contributed by atoms with E-state index in [1.165, 1.54) is 0 Å². The number of benzene rings is 2. The monoisotopic (exact) mass is 393 g/mol. The average molecular weight is 394 g/mol. The Morgan fingerprint density at radius 2 is 2.00 bits per heavy atom. The quantitative estimate of drug-likeness (QED) is 0.587. The summed E-state index contributed by atoms with van der Waals surface area (Å²) in [6.45, 7) is 1.83. The minimum Gasteiger partial charge on any atom is -0.497 e. The lowest BCUT2D eigenvalue weighted by Crippen LogP contribution is -2.26. The zero-order chi connectivity index (χ0) is 19.7. The van der Waals surface area contributed by atoms with Gasteiger partial charge in [-0.1, -0.05) is 48.9 Å². The molecule has 1 aliphatic rings. The topological polar surface area (TPSA) is 54.8 Å². The van der Waals surface area contributed by atoms with Crippen molar-refractivity contribution in [1.82, 2.24) is 9.99 Å². The van der Waals surface area contributed by atoms with Gasteiger partial charge in [-0.2, -0.15) is 5.10 Å². The number of aromatic nitrogens is 1. The normalized spacial score (nSPS) is 16.3. The smallest absolute Gasteiger partial charge is 0.242 e. The van der Waals surface area contributed by atoms with E-state index in [0.29, 0.717) is 18.0 Å². The molecule has 1 atom stereocenters. The fourth-order valence-corrected chi connectivity index (χ4v) is 3.73. The van der Waals surface area contributed by atoms with Crippen molar-refractivity contribution < 1.29 is 9.53 Å². The van der Waals surface area contributed by atoms with Crippen LogP contribution in [0.1, 0.15) is 36.9 Å². The third kappa shape index (κ3) is 3.34. The number of carbonyl (C=O) groups excluding carboxylic acids is 1. The van der Waals surface area contributed by atoms with Crippen LogP contribution in [-0.4, -0.2) is 28.7 Å². The Hall–Kier alpha value is -2.92. The van der Waals surface area contributed by atoms with Crippen LogP contribution in [0.2, 0.25) is 5.15 Å². The van der Waals surface area contributed by atoms with Gasteiger partial charge in [-0.05, 0) is 29.8 Å². The SMILES string of the molecule is CCC(=O)N1N=C(c2ccccc2)C[C@@H]1c1cc2cc(OC)ccc2nc1Cl. The second-order valence-electron chi connectivity index (χ2n) is 6.65. The first-order valence-corrected chi connectivity index (χ1v) is 9.57. The third-order valence-corrected chi connectivity index (χ3v) is 5.24. The Bertz CT molecular complexity index is 1070. The molecule has 6 heteroatoms. The minimum absolute atomic E-state index is 0.0438. The van der Waals surface area contributed by atoms with Crippen molar-refractivity contribution in [2.24, 2.45) is 5.10 Å². The molecule has 5 nitrogen and oxygen atoms in total. The minimum atomic E-state index is -0.279. The summed E-state index contributed by atoms with van der Waals surface area (Å²) in [6, 6.07) is 17.2. The Balaban J connectivity index is 1.78. The van der Waals surface area contributed by atoms with Gasteiger partial charge in [-0.3, -0.25) is 4.79 Å². The molecule has 0 radical (unpaired) electrons. The molecule has 28 heavy (non-hydrogen) atoms. The van der Waals surface area contributed by atoms with Gasteiger partial charge in [-0.15, -0.1) is 0 Å². The van der Waals surface area contributed by atoms with Gasteiger partial charge in [-0.25, -0.2) is 9.99 Å². The molecule has 0 N–H and O–H groups in total. The predicted molar refractivity (Wildman–Crippen MR) is 111 cm³/mol. The molecule has 0 aliphatic carbocycles. The number of pyridine rings is 1. The van der Waals surface area contributed by atoms with Crippen LogP contribution in [0, 0.1) is 0 Å². The van der Waals surface area contributed by atoms with Crippen molar-refractivity contribution in [2.75, 3.05) is 7.11 Å². The first kappa shape index (κ1) is 18.4. The van der Waals surface area contributed by atoms with E-state index in [9.17, 15) is 4.79 Å². The van der Waals surface area contributed by atoms with Crippen LogP contribution < -0.4 is 4.74 Å². The maximum Gasteiger partial charge on any atom is 0.242 e. The van der Waals surface area contributed by atoms with Crippen LogP contribution in [0.3, 0.4) is 0 Å². The summed E-state index contributed by atoms with van der Waals surface area (Å²) in [5.41, 5.74) is 3.45. The first-order valence-electron chi connectivity index (χ1n) is 9.20. The van der Waals surface area contributed by atoms with Crippen LogP contribution >= 0.6 is 11.6 Å². The zero-order valence-electron chi connectivity index (χ0n) is 15.7. The van der Waals surface area contributed by atoms with Gasteiger partial charge in [0.25, 0.3) is 0 Å². The summed E-state index contributed by atoms with van der Waals surface area (Å²) in [5.74, 6) is 0.703. The van der Waals surface area contributed by atoms with Crippen molar-refractivity contribution in [3.63, 3.8) is 0 Å². The van der Waals surface area contributed by atoms with Gasteiger partial charge in [0.15, 0.2) is 0 Å². The maximum atomic E-state index is 12.6. The number of carbonyl (C=O) groups is 1. The lowest BCUT2D eigenvalue weighted by atomic mass is 9.98. The highest BCUT2D eigenvalue weighted by Gasteiger charge is 2.34. The average Bonchev–Trinajstić information content (AvgIpc) is 3.18. The fraction of sp³-hybridized carbons (Fsp3) is 0.227. The van der Waals surface area contributed by atoms with Gasteiger partial charge in [0, 0.05) is 23.8 Å². The van der Waals surface area contributed by atoms with Crippen LogP contribution in [-0.2, 0) is 4.79 Å². The van der Waals surface area contributed by atoms with Gasteiger partial charge < -0.3 is 4.74 Å². The highest BCUT2D eigenvalue weighted by Crippen LogP contribution is 2.37. The second-order valence-corrected chi connectivity index (χ2v) is 7.01. The number of fused-ring (bicyclic) bond motifs is 1. The molecule has 4 rings (SSSR count). The largest absolute Gasteiger partial charge is 0.497 e. The molecular formula is C22H20ClN3O2. The molecule has 0 spiro atoms. The molecule has 0 saturated carbocycles. The van der Waals surface area contributed by atoms with Crippen LogP contribution in [0.15, 0.2) is 59.7 Å². The van der Waals surface area contributed by atoms with E-state index in [0.717, 1.165) is 33.5 Å². The van der Waals surface area contributed by atoms with E-state index in [2.05, 4.69) is 10.1 Å². The summed E-state index contributed by atoms with van der Waals surface area (Å²) in [7, 11) is 1.63. The van der Waals surface area contributed by atoms with Crippen LogP contribution in [0.5, 0.6) is 5.75 Å². The van der Waals surface area contributed by atoms with E-state index in [1.54, 1.807) is 12.1 Å². The number of hydrogen-bond donors (Lipinski definition) is 0. The molecule has 0 fully saturated rings. The summed E-state index contributed by atoms with van der Waals surface area (Å²) < 4.78 is 5.32. The Labute approximate surface area is 168 Å². The maximum absolute atomic E-state index is 12.6. The van der Waals surface area contributed by atoms with Gasteiger partial charge >= 0.3 is 0 Å². The van der Waals surface area contributed by atoms with E-state index < -0.39 is 0 Å². The number of hydrazone groups is 1. The van der Waals surface area contributed by atoms with Crippen molar-refractivity contribution in [3.05, 3.63) is 70.9 Å². The van der Waals surface area contributed by atoms with E-state index >= 15 is 0 Å². The first-order chi connectivity index (χ1) is 13.6. The molecule has 3 aromatic rings. The van der Waals surface area contributed by atoms with Crippen molar-refractivity contribution in [3.8, 4) is 5.75 Å². The molecule has 2 heterocycles. The highest BCUT2D eigenvalue weighted by atomic mass is 35.5. The summed E-state index contributed by atoms with van der Waals surface area (Å²) in [4.78, 5) is 17.1. The number of halogens is 1. The predicted octanol–water partition coefficient (Wildman–Crippen LogP) is 4.98. The number of amides is 1. The van der Waals surface area contributed by atoms with Crippen molar-refractivity contribution in [2.45, 2.75) is 25.8 Å². The van der Waals surface area contributed by atoms with E-state index in [4.69, 9.17) is 16.3 Å². The summed E-state index contributed by atoms with van der Waals surface area (Å²) in [6.07, 6.45) is 0.959. The van der Waals surface area contributed by atoms with Gasteiger partial charge in [0.05, 0.1) is 24.4 Å². The third-order valence-electron chi connectivity index (χ3n) is 4.94. The Morgan fingerprint density at radius 3 is 2.71 bits per heavy atom. The number of nitrogens with zero attached hydrogens (tertiary/aromatic N) is 3. The van der Waals surface area contributed by atoms with E-state index in [-0.39, 0.29) is 11.9 Å². The van der Waals surface area contributed by atoms with Crippen LogP contribution in [0.4, 0.5) is 0 Å². The fourth-order valence-electron chi connectivity index (χ4n) is 3.46. The lowest BCUT2D eigenvalue weighted by molar-refractivity contribution is -0.132. The molecule has 0 bridgehead atoms. The van der Waals surface area contributed by atoms with Crippen molar-refractivity contribution in [1.29, 1.82) is 0 Å². The molecule has 1 aliphatic heterocycles. The Morgan fingerprint density at radius 1 is 1.21 bits per heavy atom. The number of methoxy groups -OCH3 is 1. The summed E-state index contributed by atoms with van der Waals surface area (Å²) in [5, 5.41) is 7.49. The number of ether oxygens (including phenoxy) is 1. The number of rotatable bonds is 4.